The number of piperazine rings is 1. The van der Waals surface area contributed by atoms with Crippen LogP contribution in [0.2, 0.25) is 5.15 Å². The van der Waals surface area contributed by atoms with E-state index in [4.69, 9.17) is 16.3 Å². The Morgan fingerprint density at radius 1 is 1.42 bits per heavy atom. The van der Waals surface area contributed by atoms with E-state index in [2.05, 4.69) is 16.4 Å². The minimum atomic E-state index is -0.484. The molecule has 0 spiro atoms. The fourth-order valence-corrected chi connectivity index (χ4v) is 3.61. The minimum Gasteiger partial charge on any atom is -0.469 e. The van der Waals surface area contributed by atoms with Crippen LogP contribution >= 0.6 is 11.6 Å². The Morgan fingerprint density at radius 3 is 2.92 bits per heavy atom. The van der Waals surface area contributed by atoms with Crippen LogP contribution in [0.4, 0.5) is 0 Å². The van der Waals surface area contributed by atoms with Gasteiger partial charge in [0.1, 0.15) is 18.1 Å². The van der Waals surface area contributed by atoms with E-state index < -0.39 is 12.0 Å². The Morgan fingerprint density at radius 2 is 2.19 bits per heavy atom. The predicted octanol–water partition coefficient (Wildman–Crippen LogP) is 0.951. The highest BCUT2D eigenvalue weighted by molar-refractivity contribution is 6.30. The highest BCUT2D eigenvalue weighted by atomic mass is 35.5. The average Bonchev–Trinajstić information content (AvgIpc) is 2.62. The van der Waals surface area contributed by atoms with Crippen LogP contribution in [0, 0.1) is 13.8 Å². The number of carbonyl (C=O) groups excluding carboxylic acids is 2. The quantitative estimate of drug-likeness (QED) is 0.615. The highest BCUT2D eigenvalue weighted by Crippen LogP contribution is 2.24. The van der Waals surface area contributed by atoms with Crippen molar-refractivity contribution in [1.29, 1.82) is 0 Å². The number of pyridine rings is 1. The van der Waals surface area contributed by atoms with Crippen LogP contribution in [0.5, 0.6) is 0 Å². The zero-order valence-electron chi connectivity index (χ0n) is 15.2. The normalized spacial score (nSPS) is 20.1. The van der Waals surface area contributed by atoms with Gasteiger partial charge in [-0.15, -0.1) is 0 Å². The number of benzene rings is 1. The monoisotopic (exact) mass is 376 g/mol. The second-order valence-corrected chi connectivity index (χ2v) is 7.08. The molecule has 1 amide bonds. The molecule has 2 heterocycles. The van der Waals surface area contributed by atoms with Crippen molar-refractivity contribution in [2.45, 2.75) is 32.9 Å². The summed E-state index contributed by atoms with van der Waals surface area (Å²) in [6.45, 7) is 5.90. The summed E-state index contributed by atoms with van der Waals surface area (Å²) in [6, 6.07) is 5.65. The fraction of sp³-hybridized carbons (Fsp3) is 0.421. The number of nitrogens with one attached hydrogen (secondary N) is 2. The average molecular weight is 377 g/mol. The molecule has 1 aliphatic rings. The standard InChI is InChI=1S/C19H22ClN3O3/c1-11-4-5-13-8-14(18(20)22-17(13)12(11)2)10-23-7-6-21-19(25)15(23)9-16(24)26-3/h4-5,8,15H,6-7,9-10H2,1-3H3,(H,21,25)/p+1/t15-/m0/s1. The van der Waals surface area contributed by atoms with Crippen molar-refractivity contribution in [3.05, 3.63) is 40.0 Å². The molecule has 2 aromatic rings. The van der Waals surface area contributed by atoms with E-state index in [1.54, 1.807) is 0 Å². The van der Waals surface area contributed by atoms with Crippen molar-refractivity contribution in [3.63, 3.8) is 0 Å². The van der Waals surface area contributed by atoms with Gasteiger partial charge in [0, 0.05) is 10.9 Å². The van der Waals surface area contributed by atoms with E-state index in [1.165, 1.54) is 12.7 Å². The molecule has 0 bridgehead atoms. The van der Waals surface area contributed by atoms with Gasteiger partial charge in [-0.25, -0.2) is 4.98 Å². The number of rotatable bonds is 4. The maximum Gasteiger partial charge on any atom is 0.312 e. The van der Waals surface area contributed by atoms with Crippen LogP contribution < -0.4 is 10.2 Å². The van der Waals surface area contributed by atoms with E-state index in [9.17, 15) is 9.59 Å². The molecule has 0 radical (unpaired) electrons. The lowest BCUT2D eigenvalue weighted by Crippen LogP contribution is -3.18. The third kappa shape index (κ3) is 3.66. The summed E-state index contributed by atoms with van der Waals surface area (Å²) in [6.07, 6.45) is 0.0502. The van der Waals surface area contributed by atoms with Crippen LogP contribution in [0.3, 0.4) is 0 Å². The summed E-state index contributed by atoms with van der Waals surface area (Å²) >= 11 is 6.45. The van der Waals surface area contributed by atoms with Gasteiger partial charge >= 0.3 is 5.97 Å². The second-order valence-electron chi connectivity index (χ2n) is 6.73. The van der Waals surface area contributed by atoms with E-state index >= 15 is 0 Å². The molecule has 1 unspecified atom stereocenters. The van der Waals surface area contributed by atoms with Gasteiger partial charge in [0.25, 0.3) is 5.91 Å². The molecule has 1 aromatic carbocycles. The molecule has 1 saturated heterocycles. The van der Waals surface area contributed by atoms with E-state index in [0.29, 0.717) is 24.8 Å². The molecule has 0 aliphatic carbocycles. The first-order chi connectivity index (χ1) is 12.4. The molecule has 6 nitrogen and oxygen atoms in total. The van der Waals surface area contributed by atoms with Crippen LogP contribution in [-0.2, 0) is 20.9 Å². The summed E-state index contributed by atoms with van der Waals surface area (Å²) in [4.78, 5) is 29.5. The molecule has 0 saturated carbocycles. The molecular weight excluding hydrogens is 354 g/mol. The topological polar surface area (TPSA) is 72.7 Å². The van der Waals surface area contributed by atoms with Gasteiger partial charge in [0.05, 0.1) is 25.7 Å². The number of aromatic nitrogens is 1. The van der Waals surface area contributed by atoms with Crippen LogP contribution in [-0.4, -0.2) is 43.1 Å². The zero-order valence-corrected chi connectivity index (χ0v) is 15.9. The van der Waals surface area contributed by atoms with Crippen molar-refractivity contribution in [3.8, 4) is 0 Å². The number of hydrogen-bond donors (Lipinski definition) is 2. The molecule has 2 N–H and O–H groups in total. The third-order valence-electron chi connectivity index (χ3n) is 5.11. The number of halogens is 1. The lowest BCUT2D eigenvalue weighted by Gasteiger charge is -2.31. The number of fused-ring (bicyclic) bond motifs is 1. The first-order valence-electron chi connectivity index (χ1n) is 8.65. The fourth-order valence-electron chi connectivity index (χ4n) is 3.40. The molecule has 138 valence electrons. The van der Waals surface area contributed by atoms with Crippen molar-refractivity contribution in [1.82, 2.24) is 10.3 Å². The number of nitrogens with zero attached hydrogens (tertiary/aromatic N) is 1. The van der Waals surface area contributed by atoms with Crippen LogP contribution in [0.15, 0.2) is 18.2 Å². The number of aryl methyl sites for hydroxylation is 2. The number of amides is 1. The number of carbonyl (C=O) groups is 2. The van der Waals surface area contributed by atoms with Gasteiger partial charge in [0.15, 0.2) is 6.04 Å². The summed E-state index contributed by atoms with van der Waals surface area (Å²) in [7, 11) is 1.33. The van der Waals surface area contributed by atoms with Gasteiger partial charge in [-0.3, -0.25) is 9.59 Å². The van der Waals surface area contributed by atoms with Crippen LogP contribution in [0.1, 0.15) is 23.1 Å². The first-order valence-corrected chi connectivity index (χ1v) is 9.03. The van der Waals surface area contributed by atoms with Crippen molar-refractivity contribution >= 4 is 34.4 Å². The second kappa shape index (κ2) is 7.60. The predicted molar refractivity (Wildman–Crippen MR) is 99.2 cm³/mol. The number of hydrogen-bond acceptors (Lipinski definition) is 4. The lowest BCUT2D eigenvalue weighted by atomic mass is 10.0. The van der Waals surface area contributed by atoms with Gasteiger partial charge in [-0.1, -0.05) is 23.7 Å². The number of methoxy groups -OCH3 is 1. The number of quaternary nitrogens is 1. The zero-order chi connectivity index (χ0) is 18.8. The maximum absolute atomic E-state index is 12.2. The number of ether oxygens (including phenoxy) is 1. The third-order valence-corrected chi connectivity index (χ3v) is 5.44. The van der Waals surface area contributed by atoms with Crippen molar-refractivity contribution < 1.29 is 19.2 Å². The summed E-state index contributed by atoms with van der Waals surface area (Å²) < 4.78 is 4.73. The molecule has 1 fully saturated rings. The Hall–Kier alpha value is -2.18. The largest absolute Gasteiger partial charge is 0.469 e. The highest BCUT2D eigenvalue weighted by Gasteiger charge is 2.36. The van der Waals surface area contributed by atoms with E-state index in [1.807, 2.05) is 26.0 Å². The van der Waals surface area contributed by atoms with Gasteiger partial charge in [-0.05, 0) is 31.0 Å². The van der Waals surface area contributed by atoms with E-state index in [0.717, 1.165) is 26.9 Å². The smallest absolute Gasteiger partial charge is 0.312 e. The molecule has 26 heavy (non-hydrogen) atoms. The Bertz CT molecular complexity index is 869. The molecule has 1 aliphatic heterocycles. The molecule has 2 atom stereocenters. The van der Waals surface area contributed by atoms with Gasteiger partial charge in [-0.2, -0.15) is 0 Å². The summed E-state index contributed by atoms with van der Waals surface area (Å²) in [5.41, 5.74) is 4.06. The van der Waals surface area contributed by atoms with Crippen molar-refractivity contribution in [2.75, 3.05) is 20.2 Å². The molecule has 1 aromatic heterocycles. The Balaban J connectivity index is 1.91. The SMILES string of the molecule is COC(=O)C[C@H]1C(=O)NCC[NH+]1Cc1cc2ccc(C)c(C)c2nc1Cl. The molecular formula is C19H23ClN3O3+. The summed E-state index contributed by atoms with van der Waals surface area (Å²) in [5.74, 6) is -0.522. The maximum atomic E-state index is 12.2. The number of esters is 1. The Kier molecular flexibility index (Phi) is 5.44. The molecule has 7 heteroatoms. The van der Waals surface area contributed by atoms with Gasteiger partial charge in [0.2, 0.25) is 0 Å². The Labute approximate surface area is 157 Å². The van der Waals surface area contributed by atoms with E-state index in [-0.39, 0.29) is 12.3 Å². The lowest BCUT2D eigenvalue weighted by molar-refractivity contribution is -0.930. The minimum absolute atomic E-state index is 0.0502. The summed E-state index contributed by atoms with van der Waals surface area (Å²) in [5, 5.41) is 4.29. The van der Waals surface area contributed by atoms with Gasteiger partial charge < -0.3 is 15.0 Å². The van der Waals surface area contributed by atoms with Crippen molar-refractivity contribution in [2.24, 2.45) is 0 Å². The molecule has 3 rings (SSSR count). The van der Waals surface area contributed by atoms with Crippen LogP contribution in [0.25, 0.3) is 10.9 Å². The first kappa shape index (κ1) is 18.6.